The second-order valence-corrected chi connectivity index (χ2v) is 2.68. The summed E-state index contributed by atoms with van der Waals surface area (Å²) in [5.41, 5.74) is 0. The van der Waals surface area contributed by atoms with Gasteiger partial charge in [0.15, 0.2) is 0 Å². The Balaban J connectivity index is 1.86. The zero-order valence-corrected chi connectivity index (χ0v) is 6.69. The first kappa shape index (κ1) is 7.70. The summed E-state index contributed by atoms with van der Waals surface area (Å²) in [6.45, 7) is 4.15. The van der Waals surface area contributed by atoms with Gasteiger partial charge in [-0.05, 0) is 0 Å². The largest absolute Gasteiger partial charge is 0.379 e. The van der Waals surface area contributed by atoms with Crippen LogP contribution in [0.2, 0.25) is 0 Å². The Bertz CT molecular complexity index is 219. The summed E-state index contributed by atoms with van der Waals surface area (Å²) in [6.07, 6.45) is 2.39. The van der Waals surface area contributed by atoms with E-state index in [1.54, 1.807) is 0 Å². The minimum atomic E-state index is 0.622. The van der Waals surface area contributed by atoms with Crippen molar-refractivity contribution in [1.82, 2.24) is 15.0 Å². The van der Waals surface area contributed by atoms with E-state index < -0.39 is 0 Å². The van der Waals surface area contributed by atoms with Crippen molar-refractivity contribution >= 4 is 0 Å². The molecule has 2 heterocycles. The number of ether oxygens (including phenoxy) is 1. The molecule has 2 rings (SSSR count). The van der Waals surface area contributed by atoms with Gasteiger partial charge >= 0.3 is 0 Å². The van der Waals surface area contributed by atoms with Gasteiger partial charge in [0.05, 0.1) is 19.8 Å². The zero-order chi connectivity index (χ0) is 8.23. The molecule has 65 valence electrons. The van der Waals surface area contributed by atoms with Gasteiger partial charge in [0, 0.05) is 13.1 Å². The van der Waals surface area contributed by atoms with Crippen LogP contribution in [0.1, 0.15) is 5.89 Å². The average molecular weight is 168 g/mol. The van der Waals surface area contributed by atoms with Crippen molar-refractivity contribution in [3.05, 3.63) is 12.2 Å². The number of hydrogen-bond donors (Lipinski definition) is 0. The first-order valence-corrected chi connectivity index (χ1v) is 3.94. The summed E-state index contributed by atoms with van der Waals surface area (Å²) in [4.78, 5) is 6.04. The van der Waals surface area contributed by atoms with E-state index in [0.29, 0.717) is 12.4 Å². The van der Waals surface area contributed by atoms with Crippen molar-refractivity contribution in [2.45, 2.75) is 6.54 Å². The van der Waals surface area contributed by atoms with Gasteiger partial charge in [0.1, 0.15) is 0 Å². The number of nitrogens with zero attached hydrogens (tertiary/aromatic N) is 3. The first-order valence-electron chi connectivity index (χ1n) is 3.94. The van der Waals surface area contributed by atoms with Crippen molar-refractivity contribution < 1.29 is 9.26 Å². The molecule has 5 nitrogen and oxygen atoms in total. The standard InChI is InChI=1S/C7H10N3O2/c1-3-11-4-2-10(1)5-7-8-6-9-12-7/h1-5H2. The van der Waals surface area contributed by atoms with Gasteiger partial charge in [-0.2, -0.15) is 4.98 Å². The molecule has 5 heteroatoms. The van der Waals surface area contributed by atoms with Crippen LogP contribution in [0, 0.1) is 6.33 Å². The fourth-order valence-electron chi connectivity index (χ4n) is 1.18. The molecule has 0 amide bonds. The van der Waals surface area contributed by atoms with E-state index in [-0.39, 0.29) is 0 Å². The van der Waals surface area contributed by atoms with Gasteiger partial charge in [0.2, 0.25) is 12.2 Å². The molecule has 0 aromatic carbocycles. The molecule has 1 radical (unpaired) electrons. The maximum Gasteiger partial charge on any atom is 0.243 e. The normalized spacial score (nSPS) is 19.7. The Morgan fingerprint density at radius 3 is 2.92 bits per heavy atom. The third-order valence-electron chi connectivity index (χ3n) is 1.83. The molecule has 0 spiro atoms. The molecule has 12 heavy (non-hydrogen) atoms. The fourth-order valence-corrected chi connectivity index (χ4v) is 1.18. The summed E-state index contributed by atoms with van der Waals surface area (Å²) < 4.78 is 10.0. The monoisotopic (exact) mass is 168 g/mol. The van der Waals surface area contributed by atoms with E-state index in [1.807, 2.05) is 0 Å². The minimum Gasteiger partial charge on any atom is -0.379 e. The lowest BCUT2D eigenvalue weighted by Gasteiger charge is -2.24. The predicted molar refractivity (Wildman–Crippen MR) is 39.2 cm³/mol. The Morgan fingerprint density at radius 1 is 1.42 bits per heavy atom. The Labute approximate surface area is 70.3 Å². The van der Waals surface area contributed by atoms with Crippen LogP contribution < -0.4 is 0 Å². The molecule has 0 N–H and O–H groups in total. The van der Waals surface area contributed by atoms with Gasteiger partial charge in [0.25, 0.3) is 0 Å². The SMILES string of the molecule is [c]1noc(CN2CCOCC2)n1. The summed E-state index contributed by atoms with van der Waals surface area (Å²) in [5, 5.41) is 3.42. The molecule has 0 bridgehead atoms. The molecule has 0 atom stereocenters. The third-order valence-corrected chi connectivity index (χ3v) is 1.83. The van der Waals surface area contributed by atoms with Crippen molar-refractivity contribution in [3.8, 4) is 0 Å². The molecule has 1 aliphatic rings. The minimum absolute atomic E-state index is 0.622. The molecular formula is C7H10N3O2. The molecule has 1 aliphatic heterocycles. The van der Waals surface area contributed by atoms with Gasteiger partial charge in [-0.15, -0.1) is 0 Å². The Morgan fingerprint density at radius 2 is 2.25 bits per heavy atom. The van der Waals surface area contributed by atoms with Gasteiger partial charge < -0.3 is 9.26 Å². The van der Waals surface area contributed by atoms with E-state index in [1.165, 1.54) is 0 Å². The summed E-state index contributed by atoms with van der Waals surface area (Å²) >= 11 is 0. The van der Waals surface area contributed by atoms with E-state index in [9.17, 15) is 0 Å². The highest BCUT2D eigenvalue weighted by Gasteiger charge is 2.12. The van der Waals surface area contributed by atoms with Crippen LogP contribution in [-0.4, -0.2) is 41.3 Å². The van der Waals surface area contributed by atoms with E-state index in [0.717, 1.165) is 26.3 Å². The summed E-state index contributed by atoms with van der Waals surface area (Å²) in [6, 6.07) is 0. The molecule has 1 aromatic heterocycles. The molecule has 1 fully saturated rings. The average Bonchev–Trinajstić information content (AvgIpc) is 2.59. The van der Waals surface area contributed by atoms with Crippen molar-refractivity contribution in [2.75, 3.05) is 26.3 Å². The Kier molecular flexibility index (Phi) is 2.33. The summed E-state index contributed by atoms with van der Waals surface area (Å²) in [5.74, 6) is 0.622. The maximum atomic E-state index is 5.20. The van der Waals surface area contributed by atoms with Crippen molar-refractivity contribution in [2.24, 2.45) is 0 Å². The molecule has 1 aromatic rings. The number of rotatable bonds is 2. The second-order valence-electron chi connectivity index (χ2n) is 2.68. The van der Waals surface area contributed by atoms with Crippen LogP contribution in [0.5, 0.6) is 0 Å². The van der Waals surface area contributed by atoms with E-state index >= 15 is 0 Å². The lowest BCUT2D eigenvalue weighted by Crippen LogP contribution is -2.35. The number of aromatic nitrogens is 2. The smallest absolute Gasteiger partial charge is 0.243 e. The van der Waals surface area contributed by atoms with Crippen LogP contribution in [0.3, 0.4) is 0 Å². The predicted octanol–water partition coefficient (Wildman–Crippen LogP) is -0.298. The highest BCUT2D eigenvalue weighted by molar-refractivity contribution is 4.75. The number of morpholine rings is 1. The highest BCUT2D eigenvalue weighted by atomic mass is 16.5. The van der Waals surface area contributed by atoms with Gasteiger partial charge in [-0.3, -0.25) is 4.90 Å². The number of hydrogen-bond acceptors (Lipinski definition) is 5. The summed E-state index contributed by atoms with van der Waals surface area (Å²) in [7, 11) is 0. The Hall–Kier alpha value is -0.940. The molecular weight excluding hydrogens is 158 g/mol. The maximum absolute atomic E-state index is 5.20. The quantitative estimate of drug-likeness (QED) is 0.607. The lowest BCUT2D eigenvalue weighted by molar-refractivity contribution is 0.0297. The fraction of sp³-hybridized carbons (Fsp3) is 0.714. The van der Waals surface area contributed by atoms with Crippen LogP contribution in [0.25, 0.3) is 0 Å². The van der Waals surface area contributed by atoms with Crippen LogP contribution in [0.4, 0.5) is 0 Å². The molecule has 0 aliphatic carbocycles. The van der Waals surface area contributed by atoms with Crippen molar-refractivity contribution in [1.29, 1.82) is 0 Å². The molecule has 0 unspecified atom stereocenters. The third kappa shape index (κ3) is 1.80. The van der Waals surface area contributed by atoms with E-state index in [2.05, 4.69) is 21.4 Å². The topological polar surface area (TPSA) is 51.4 Å². The molecule has 0 saturated carbocycles. The van der Waals surface area contributed by atoms with Gasteiger partial charge in [-0.1, -0.05) is 5.16 Å². The second kappa shape index (κ2) is 3.64. The molecule has 1 saturated heterocycles. The highest BCUT2D eigenvalue weighted by Crippen LogP contribution is 2.02. The first-order chi connectivity index (χ1) is 5.95. The van der Waals surface area contributed by atoms with Crippen LogP contribution in [0.15, 0.2) is 4.52 Å². The van der Waals surface area contributed by atoms with Crippen molar-refractivity contribution in [3.63, 3.8) is 0 Å². The lowest BCUT2D eigenvalue weighted by atomic mass is 10.4. The van der Waals surface area contributed by atoms with Crippen LogP contribution in [-0.2, 0) is 11.3 Å². The van der Waals surface area contributed by atoms with Crippen LogP contribution >= 0.6 is 0 Å². The van der Waals surface area contributed by atoms with E-state index in [4.69, 9.17) is 9.26 Å². The zero-order valence-electron chi connectivity index (χ0n) is 6.69. The van der Waals surface area contributed by atoms with Gasteiger partial charge in [-0.25, -0.2) is 0 Å².